The first kappa shape index (κ1) is 15.2. The molecule has 0 radical (unpaired) electrons. The maximum absolute atomic E-state index is 10.9. The van der Waals surface area contributed by atoms with E-state index in [2.05, 4.69) is 33.9 Å². The Morgan fingerprint density at radius 1 is 1.44 bits per heavy atom. The van der Waals surface area contributed by atoms with Crippen molar-refractivity contribution in [3.63, 3.8) is 0 Å². The van der Waals surface area contributed by atoms with Gasteiger partial charge in [0.2, 0.25) is 0 Å². The van der Waals surface area contributed by atoms with E-state index in [0.717, 1.165) is 35.3 Å². The molecule has 0 amide bonds. The molecule has 0 saturated heterocycles. The van der Waals surface area contributed by atoms with Crippen LogP contribution < -0.4 is 4.74 Å². The van der Waals surface area contributed by atoms with E-state index in [1.807, 2.05) is 12.1 Å². The lowest BCUT2D eigenvalue weighted by Crippen LogP contribution is -2.20. The number of halogens is 1. The summed E-state index contributed by atoms with van der Waals surface area (Å²) in [6.45, 7) is 3.37. The topological polar surface area (TPSA) is 29.5 Å². The average molecular weight is 314 g/mol. The lowest BCUT2D eigenvalue weighted by molar-refractivity contribution is -0.117. The zero-order valence-electron chi connectivity index (χ0n) is 11.2. The number of benzene rings is 1. The summed E-state index contributed by atoms with van der Waals surface area (Å²) in [4.78, 5) is 13.1. The van der Waals surface area contributed by atoms with Gasteiger partial charge in [-0.3, -0.25) is 0 Å². The maximum atomic E-state index is 10.9. The second kappa shape index (κ2) is 7.54. The molecule has 1 aromatic rings. The van der Waals surface area contributed by atoms with Crippen LogP contribution in [0.15, 0.2) is 22.7 Å². The summed E-state index contributed by atoms with van der Waals surface area (Å²) >= 11 is 3.47. The van der Waals surface area contributed by atoms with Gasteiger partial charge in [-0.1, -0.05) is 15.9 Å². The number of carbonyl (C=O) groups excluding carboxylic acids is 1. The van der Waals surface area contributed by atoms with Crippen LogP contribution in [0.3, 0.4) is 0 Å². The van der Waals surface area contributed by atoms with E-state index < -0.39 is 0 Å². The number of hydrogen-bond acceptors (Lipinski definition) is 3. The fourth-order valence-electron chi connectivity index (χ4n) is 1.84. The van der Waals surface area contributed by atoms with Crippen molar-refractivity contribution in [3.8, 4) is 5.75 Å². The second-order valence-electron chi connectivity index (χ2n) is 4.50. The predicted octanol–water partition coefficient (Wildman–Crippen LogP) is 3.26. The Labute approximate surface area is 117 Å². The van der Waals surface area contributed by atoms with Gasteiger partial charge in [-0.05, 0) is 45.1 Å². The first-order valence-corrected chi connectivity index (χ1v) is 6.82. The number of ketones is 1. The van der Waals surface area contributed by atoms with Crippen LogP contribution in [-0.4, -0.2) is 31.4 Å². The SMILES string of the molecule is COc1ccc(Br)cc1CN(C)CCCC(C)=O. The van der Waals surface area contributed by atoms with Gasteiger partial charge in [-0.25, -0.2) is 0 Å². The zero-order valence-corrected chi connectivity index (χ0v) is 12.8. The van der Waals surface area contributed by atoms with Crippen LogP contribution in [0.25, 0.3) is 0 Å². The summed E-state index contributed by atoms with van der Waals surface area (Å²) in [5.41, 5.74) is 1.15. The lowest BCUT2D eigenvalue weighted by atomic mass is 10.1. The van der Waals surface area contributed by atoms with Crippen LogP contribution in [0.5, 0.6) is 5.75 Å². The Kier molecular flexibility index (Phi) is 6.36. The minimum atomic E-state index is 0.253. The zero-order chi connectivity index (χ0) is 13.5. The molecule has 0 fully saturated rings. The van der Waals surface area contributed by atoms with Crippen molar-refractivity contribution in [2.24, 2.45) is 0 Å². The van der Waals surface area contributed by atoms with Gasteiger partial charge in [0.25, 0.3) is 0 Å². The molecule has 0 N–H and O–H groups in total. The quantitative estimate of drug-likeness (QED) is 0.774. The van der Waals surface area contributed by atoms with Crippen molar-refractivity contribution in [1.29, 1.82) is 0 Å². The van der Waals surface area contributed by atoms with Crippen molar-refractivity contribution >= 4 is 21.7 Å². The summed E-state index contributed by atoms with van der Waals surface area (Å²) in [6, 6.07) is 6.00. The smallest absolute Gasteiger partial charge is 0.129 e. The maximum Gasteiger partial charge on any atom is 0.129 e. The highest BCUT2D eigenvalue weighted by Crippen LogP contribution is 2.24. The summed E-state index contributed by atoms with van der Waals surface area (Å²) in [6.07, 6.45) is 1.56. The predicted molar refractivity (Wildman–Crippen MR) is 76.9 cm³/mol. The van der Waals surface area contributed by atoms with Gasteiger partial charge in [0.15, 0.2) is 0 Å². The van der Waals surface area contributed by atoms with E-state index in [4.69, 9.17) is 4.74 Å². The molecule has 0 atom stereocenters. The Balaban J connectivity index is 2.55. The number of carbonyl (C=O) groups is 1. The summed E-state index contributed by atoms with van der Waals surface area (Å²) < 4.78 is 6.39. The van der Waals surface area contributed by atoms with Crippen LogP contribution in [0.4, 0.5) is 0 Å². The number of nitrogens with zero attached hydrogens (tertiary/aromatic N) is 1. The Hall–Kier alpha value is -0.870. The molecule has 0 saturated carbocycles. The standard InChI is InChI=1S/C14H20BrNO2/c1-11(17)5-4-8-16(2)10-12-9-13(15)6-7-14(12)18-3/h6-7,9H,4-5,8,10H2,1-3H3. The molecule has 3 nitrogen and oxygen atoms in total. The van der Waals surface area contributed by atoms with Crippen LogP contribution in [0.2, 0.25) is 0 Å². The van der Waals surface area contributed by atoms with E-state index in [0.29, 0.717) is 6.42 Å². The van der Waals surface area contributed by atoms with Crippen LogP contribution in [0.1, 0.15) is 25.3 Å². The normalized spacial score (nSPS) is 10.7. The van der Waals surface area contributed by atoms with E-state index in [-0.39, 0.29) is 5.78 Å². The van der Waals surface area contributed by atoms with E-state index in [9.17, 15) is 4.79 Å². The van der Waals surface area contributed by atoms with E-state index in [1.54, 1.807) is 14.0 Å². The average Bonchev–Trinajstić information content (AvgIpc) is 2.28. The van der Waals surface area contributed by atoms with Crippen molar-refractivity contribution in [2.75, 3.05) is 20.7 Å². The van der Waals surface area contributed by atoms with Crippen molar-refractivity contribution in [1.82, 2.24) is 4.90 Å². The summed E-state index contributed by atoms with van der Waals surface area (Å²) in [7, 11) is 3.74. The van der Waals surface area contributed by atoms with Crippen molar-refractivity contribution in [3.05, 3.63) is 28.2 Å². The van der Waals surface area contributed by atoms with Crippen LogP contribution in [-0.2, 0) is 11.3 Å². The number of rotatable bonds is 7. The van der Waals surface area contributed by atoms with Crippen LogP contribution in [0, 0.1) is 0 Å². The van der Waals surface area contributed by atoms with E-state index in [1.165, 1.54) is 0 Å². The van der Waals surface area contributed by atoms with Gasteiger partial charge in [0.1, 0.15) is 11.5 Å². The molecule has 1 rings (SSSR count). The third kappa shape index (κ3) is 5.19. The molecule has 0 aliphatic carbocycles. The van der Waals surface area contributed by atoms with Gasteiger partial charge in [-0.2, -0.15) is 0 Å². The first-order valence-electron chi connectivity index (χ1n) is 6.03. The van der Waals surface area contributed by atoms with Crippen LogP contribution >= 0.6 is 15.9 Å². The summed E-state index contributed by atoms with van der Waals surface area (Å²) in [5, 5.41) is 0. The molecular weight excluding hydrogens is 294 g/mol. The highest BCUT2D eigenvalue weighted by atomic mass is 79.9. The number of ether oxygens (including phenoxy) is 1. The first-order chi connectivity index (χ1) is 8.52. The second-order valence-corrected chi connectivity index (χ2v) is 5.42. The molecule has 0 heterocycles. The molecule has 4 heteroatoms. The fraction of sp³-hybridized carbons (Fsp3) is 0.500. The summed E-state index contributed by atoms with van der Waals surface area (Å²) in [5.74, 6) is 1.15. The minimum absolute atomic E-state index is 0.253. The molecule has 0 aliphatic heterocycles. The highest BCUT2D eigenvalue weighted by Gasteiger charge is 2.07. The fourth-order valence-corrected chi connectivity index (χ4v) is 2.25. The molecule has 0 spiro atoms. The number of hydrogen-bond donors (Lipinski definition) is 0. The Morgan fingerprint density at radius 2 is 2.17 bits per heavy atom. The lowest BCUT2D eigenvalue weighted by Gasteiger charge is -2.18. The molecular formula is C14H20BrNO2. The van der Waals surface area contributed by atoms with Gasteiger partial charge in [-0.15, -0.1) is 0 Å². The minimum Gasteiger partial charge on any atom is -0.496 e. The number of Topliss-reactive ketones (excluding diaryl/α,β-unsaturated/α-hetero) is 1. The Morgan fingerprint density at radius 3 is 2.78 bits per heavy atom. The van der Waals surface area contributed by atoms with Gasteiger partial charge in [0, 0.05) is 23.0 Å². The third-order valence-electron chi connectivity index (χ3n) is 2.75. The van der Waals surface area contributed by atoms with Gasteiger partial charge >= 0.3 is 0 Å². The molecule has 1 aromatic carbocycles. The molecule has 0 unspecified atom stereocenters. The highest BCUT2D eigenvalue weighted by molar-refractivity contribution is 9.10. The Bertz CT molecular complexity index is 407. The van der Waals surface area contributed by atoms with E-state index >= 15 is 0 Å². The molecule has 18 heavy (non-hydrogen) atoms. The number of methoxy groups -OCH3 is 1. The largest absolute Gasteiger partial charge is 0.496 e. The molecule has 0 bridgehead atoms. The molecule has 0 aromatic heterocycles. The van der Waals surface area contributed by atoms with Crippen molar-refractivity contribution in [2.45, 2.75) is 26.3 Å². The monoisotopic (exact) mass is 313 g/mol. The van der Waals surface area contributed by atoms with Crippen molar-refractivity contribution < 1.29 is 9.53 Å². The third-order valence-corrected chi connectivity index (χ3v) is 3.24. The molecule has 100 valence electrons. The van der Waals surface area contributed by atoms with Gasteiger partial charge < -0.3 is 14.4 Å². The van der Waals surface area contributed by atoms with Gasteiger partial charge in [0.05, 0.1) is 7.11 Å². The molecule has 0 aliphatic rings.